The molecule has 0 fully saturated rings. The largest absolute Gasteiger partial charge is 0.477 e. The molecule has 0 aliphatic heterocycles. The Morgan fingerprint density at radius 3 is 2.76 bits per heavy atom. The van der Waals surface area contributed by atoms with Crippen molar-refractivity contribution in [3.05, 3.63) is 84.8 Å². The van der Waals surface area contributed by atoms with Gasteiger partial charge in [-0.1, -0.05) is 18.2 Å². The minimum atomic E-state index is -0.281. The van der Waals surface area contributed by atoms with Gasteiger partial charge in [-0.05, 0) is 48.9 Å². The molecule has 9 nitrogen and oxygen atoms in total. The van der Waals surface area contributed by atoms with Crippen LogP contribution in [-0.4, -0.2) is 34.6 Å². The number of carbonyl (C=O) groups is 1. The molecule has 4 N–H and O–H groups in total. The summed E-state index contributed by atoms with van der Waals surface area (Å²) in [5.41, 5.74) is 6.37. The number of carbonyl (C=O) groups excluding carboxylic acids is 1. The molecule has 4 rings (SSSR count). The van der Waals surface area contributed by atoms with Crippen LogP contribution in [0, 0.1) is 6.92 Å². The average molecular weight is 458 g/mol. The van der Waals surface area contributed by atoms with Crippen molar-refractivity contribution in [1.82, 2.24) is 15.0 Å². The molecule has 0 unspecified atom stereocenters. The van der Waals surface area contributed by atoms with Crippen LogP contribution in [0.3, 0.4) is 0 Å². The molecule has 34 heavy (non-hydrogen) atoms. The van der Waals surface area contributed by atoms with E-state index in [0.717, 1.165) is 28.2 Å². The van der Waals surface area contributed by atoms with Crippen molar-refractivity contribution in [3.8, 4) is 17.0 Å². The van der Waals surface area contributed by atoms with Gasteiger partial charge in [-0.15, -0.1) is 0 Å². The number of ether oxygens (including phenoxy) is 1. The maximum Gasteiger partial charge on any atom is 0.262 e. The van der Waals surface area contributed by atoms with Crippen molar-refractivity contribution in [2.45, 2.75) is 6.92 Å². The second kappa shape index (κ2) is 11.0. The molecule has 172 valence electrons. The number of nitrogens with two attached hydrogens (primary N) is 1. The highest BCUT2D eigenvalue weighted by Crippen LogP contribution is 2.24. The highest BCUT2D eigenvalue weighted by atomic mass is 16.6. The Morgan fingerprint density at radius 2 is 1.94 bits per heavy atom. The van der Waals surface area contributed by atoms with Gasteiger partial charge < -0.3 is 15.4 Å². The smallest absolute Gasteiger partial charge is 0.262 e. The number of benzene rings is 2. The van der Waals surface area contributed by atoms with E-state index in [1.165, 1.54) is 0 Å². The number of pyridine rings is 1. The molecule has 0 aliphatic rings. The van der Waals surface area contributed by atoms with Crippen LogP contribution in [0.5, 0.6) is 5.75 Å². The molecule has 0 bridgehead atoms. The second-order valence-corrected chi connectivity index (χ2v) is 7.39. The number of anilines is 3. The normalized spacial score (nSPS) is 10.5. The van der Waals surface area contributed by atoms with E-state index in [-0.39, 0.29) is 12.5 Å². The summed E-state index contributed by atoms with van der Waals surface area (Å²) in [5.74, 6) is 0.732. The van der Waals surface area contributed by atoms with Crippen molar-refractivity contribution in [2.24, 2.45) is 0 Å². The van der Waals surface area contributed by atoms with Crippen molar-refractivity contribution in [2.75, 3.05) is 24.4 Å². The first-order valence-corrected chi connectivity index (χ1v) is 10.6. The van der Waals surface area contributed by atoms with E-state index in [9.17, 15) is 4.79 Å². The third-order valence-corrected chi connectivity index (χ3v) is 4.90. The maximum atomic E-state index is 12.5. The fraction of sp³-hybridized carbons (Fsp3) is 0.120. The van der Waals surface area contributed by atoms with E-state index in [0.29, 0.717) is 17.4 Å². The zero-order valence-corrected chi connectivity index (χ0v) is 18.9. The Balaban J connectivity index is 1.42. The van der Waals surface area contributed by atoms with Gasteiger partial charge in [0.25, 0.3) is 5.91 Å². The molecule has 0 atom stereocenters. The van der Waals surface area contributed by atoms with Gasteiger partial charge in [-0.3, -0.25) is 9.78 Å². The molecule has 0 radical (unpaired) electrons. The van der Waals surface area contributed by atoms with Gasteiger partial charge in [0, 0.05) is 41.6 Å². The monoisotopic (exact) mass is 457 g/mol. The summed E-state index contributed by atoms with van der Waals surface area (Å²) < 4.78 is 5.66. The highest BCUT2D eigenvalue weighted by Gasteiger charge is 2.11. The topological polar surface area (TPSA) is 115 Å². The predicted octanol–water partition coefficient (Wildman–Crippen LogP) is 3.36. The fourth-order valence-electron chi connectivity index (χ4n) is 3.23. The van der Waals surface area contributed by atoms with Gasteiger partial charge in [0.15, 0.2) is 12.4 Å². The van der Waals surface area contributed by atoms with Gasteiger partial charge in [0.2, 0.25) is 11.6 Å². The van der Waals surface area contributed by atoms with Crippen LogP contribution in [-0.2, 0) is 9.63 Å². The Morgan fingerprint density at radius 1 is 1.06 bits per heavy atom. The number of nitrogens with one attached hydrogen (secondary N) is 2. The van der Waals surface area contributed by atoms with Crippen LogP contribution in [0.15, 0.2) is 79.3 Å². The van der Waals surface area contributed by atoms with Crippen molar-refractivity contribution < 1.29 is 19.8 Å². The van der Waals surface area contributed by atoms with Gasteiger partial charge >= 0.3 is 0 Å². The number of aromatic nitrogens is 3. The predicted molar refractivity (Wildman–Crippen MR) is 129 cm³/mol. The summed E-state index contributed by atoms with van der Waals surface area (Å²) in [4.78, 5) is 30.6. The Bertz CT molecular complexity index is 1270. The molecular formula is C25H25N6O3+. The first-order chi connectivity index (χ1) is 16.6. The van der Waals surface area contributed by atoms with E-state index in [2.05, 4.69) is 25.6 Å². The lowest BCUT2D eigenvalue weighted by Crippen LogP contribution is -2.76. The number of para-hydroxylation sites is 1. The van der Waals surface area contributed by atoms with Crippen LogP contribution >= 0.6 is 0 Å². The summed E-state index contributed by atoms with van der Waals surface area (Å²) in [6.45, 7) is 1.83. The van der Waals surface area contributed by atoms with E-state index in [1.54, 1.807) is 37.2 Å². The molecule has 4 aromatic rings. The zero-order chi connectivity index (χ0) is 23.8. The van der Waals surface area contributed by atoms with Crippen molar-refractivity contribution in [3.63, 3.8) is 0 Å². The molecule has 9 heteroatoms. The number of hydrogen-bond donors (Lipinski definition) is 3. The Kier molecular flexibility index (Phi) is 7.39. The summed E-state index contributed by atoms with van der Waals surface area (Å²) >= 11 is 0. The first-order valence-electron chi connectivity index (χ1n) is 10.6. The molecule has 2 aromatic heterocycles. The number of rotatable bonds is 9. The number of amides is 1. The number of hydrogen-bond acceptors (Lipinski definition) is 7. The second-order valence-electron chi connectivity index (χ2n) is 7.39. The van der Waals surface area contributed by atoms with Crippen LogP contribution in [0.4, 0.5) is 23.0 Å². The third kappa shape index (κ3) is 5.91. The molecule has 2 heterocycles. The molecule has 0 saturated carbocycles. The standard InChI is InChI=1S/C25H24N6O3/c1-17-9-10-19(28-24(32)16-34-23-8-4-3-7-21(23)31-33-2)14-22(17)30-25-27-13-11-20(29-25)18-6-5-12-26-15-18/h3-15,31H,16H2,1-2H3,(H,28,32)(H,27,29,30)/p+1. The minimum absolute atomic E-state index is 0.137. The van der Waals surface area contributed by atoms with E-state index in [4.69, 9.17) is 9.57 Å². The molecule has 2 aromatic carbocycles. The molecule has 0 spiro atoms. The van der Waals surface area contributed by atoms with Crippen LogP contribution < -0.4 is 20.9 Å². The lowest BCUT2D eigenvalue weighted by Gasteiger charge is -2.13. The number of aryl methyl sites for hydroxylation is 1. The lowest BCUT2D eigenvalue weighted by molar-refractivity contribution is -0.830. The average Bonchev–Trinajstić information content (AvgIpc) is 2.86. The van der Waals surface area contributed by atoms with Crippen LogP contribution in [0.2, 0.25) is 0 Å². The summed E-state index contributed by atoms with van der Waals surface area (Å²) in [6, 6.07) is 18.5. The van der Waals surface area contributed by atoms with Crippen LogP contribution in [0.25, 0.3) is 11.3 Å². The SMILES string of the molecule is CO[NH2+]c1ccccc1OCC(=O)Nc1ccc(C)c(Nc2nccc(-c3cccnc3)n2)c1. The summed E-state index contributed by atoms with van der Waals surface area (Å²) in [6.07, 6.45) is 5.16. The maximum absolute atomic E-state index is 12.5. The van der Waals surface area contributed by atoms with Gasteiger partial charge in [0.1, 0.15) is 0 Å². The number of quaternary nitrogens is 1. The first kappa shape index (κ1) is 22.8. The summed E-state index contributed by atoms with van der Waals surface area (Å²) in [7, 11) is 1.56. The number of nitrogens with zero attached hydrogens (tertiary/aromatic N) is 3. The Labute approximate surface area is 197 Å². The van der Waals surface area contributed by atoms with E-state index >= 15 is 0 Å². The van der Waals surface area contributed by atoms with Crippen molar-refractivity contribution in [1.29, 1.82) is 0 Å². The highest BCUT2D eigenvalue weighted by molar-refractivity contribution is 5.92. The third-order valence-electron chi connectivity index (χ3n) is 4.90. The quantitative estimate of drug-likeness (QED) is 0.261. The van der Waals surface area contributed by atoms with Crippen LogP contribution in [0.1, 0.15) is 5.56 Å². The van der Waals surface area contributed by atoms with Crippen molar-refractivity contribution >= 4 is 28.9 Å². The molecular weight excluding hydrogens is 432 g/mol. The fourth-order valence-corrected chi connectivity index (χ4v) is 3.23. The Hall–Kier alpha value is -4.34. The molecule has 0 saturated heterocycles. The zero-order valence-electron chi connectivity index (χ0n) is 18.9. The molecule has 1 amide bonds. The van der Waals surface area contributed by atoms with Gasteiger partial charge in [0.05, 0.1) is 12.8 Å². The lowest BCUT2D eigenvalue weighted by atomic mass is 10.1. The van der Waals surface area contributed by atoms with E-state index in [1.807, 2.05) is 61.5 Å². The van der Waals surface area contributed by atoms with Gasteiger partial charge in [-0.2, -0.15) is 5.48 Å². The molecule has 0 aliphatic carbocycles. The summed E-state index contributed by atoms with van der Waals surface area (Å²) in [5, 5.41) is 6.09. The van der Waals surface area contributed by atoms with Gasteiger partial charge in [-0.25, -0.2) is 14.8 Å². The van der Waals surface area contributed by atoms with E-state index < -0.39 is 0 Å². The minimum Gasteiger partial charge on any atom is -0.477 e.